The molecule has 4 rings (SSSR count). The van der Waals surface area contributed by atoms with Crippen LogP contribution in [0.1, 0.15) is 39.1 Å². The van der Waals surface area contributed by atoms with Crippen LogP contribution in [0.25, 0.3) is 0 Å². The third-order valence-electron chi connectivity index (χ3n) is 6.80. The standard InChI is InChI=1S/C28H25F4N3O4/c29-22-9-5-19(6-10-22)26(36)20-13-15-33(16-14-20)17-18-34(25-4-2-1-3-24(25)28(30,31)32)27(37)21-7-11-23(12-8-21)35(38)39/h1-12,20H,13-18H2. The molecule has 204 valence electrons. The molecule has 7 nitrogen and oxygen atoms in total. The number of piperidine rings is 1. The number of likely N-dealkylation sites (tertiary alicyclic amines) is 1. The van der Waals surface area contributed by atoms with Gasteiger partial charge in [-0.2, -0.15) is 13.2 Å². The van der Waals surface area contributed by atoms with Crippen molar-refractivity contribution >= 4 is 23.1 Å². The van der Waals surface area contributed by atoms with E-state index < -0.39 is 28.4 Å². The van der Waals surface area contributed by atoms with Gasteiger partial charge in [0.05, 0.1) is 16.2 Å². The van der Waals surface area contributed by atoms with E-state index in [0.29, 0.717) is 31.5 Å². The Morgan fingerprint density at radius 1 is 0.923 bits per heavy atom. The minimum absolute atomic E-state index is 0.0150. The van der Waals surface area contributed by atoms with Gasteiger partial charge in [0, 0.05) is 42.3 Å². The highest BCUT2D eigenvalue weighted by Gasteiger charge is 2.36. The van der Waals surface area contributed by atoms with Crippen molar-refractivity contribution in [1.82, 2.24) is 4.90 Å². The van der Waals surface area contributed by atoms with Crippen molar-refractivity contribution in [2.24, 2.45) is 5.92 Å². The van der Waals surface area contributed by atoms with Crippen molar-refractivity contribution in [3.63, 3.8) is 0 Å². The van der Waals surface area contributed by atoms with Crippen LogP contribution in [-0.4, -0.2) is 47.7 Å². The Bertz CT molecular complexity index is 1340. The highest BCUT2D eigenvalue weighted by atomic mass is 19.4. The summed E-state index contributed by atoms with van der Waals surface area (Å²) in [7, 11) is 0. The smallest absolute Gasteiger partial charge is 0.306 e. The molecule has 1 saturated heterocycles. The third-order valence-corrected chi connectivity index (χ3v) is 6.80. The number of hydrogen-bond donors (Lipinski definition) is 0. The molecular weight excluding hydrogens is 518 g/mol. The number of ketones is 1. The summed E-state index contributed by atoms with van der Waals surface area (Å²) >= 11 is 0. The molecular formula is C28H25F4N3O4. The highest BCUT2D eigenvalue weighted by molar-refractivity contribution is 6.06. The SMILES string of the molecule is O=C(c1ccc(F)cc1)C1CCN(CCN(C(=O)c2ccc([N+](=O)[O-])cc2)c2ccccc2C(F)(F)F)CC1. The number of nitro benzene ring substituents is 1. The second-order valence-corrected chi connectivity index (χ2v) is 9.26. The molecule has 39 heavy (non-hydrogen) atoms. The van der Waals surface area contributed by atoms with Gasteiger partial charge in [0.1, 0.15) is 5.82 Å². The van der Waals surface area contributed by atoms with E-state index in [4.69, 9.17) is 0 Å². The first-order valence-electron chi connectivity index (χ1n) is 12.3. The Kier molecular flexibility index (Phi) is 8.39. The molecule has 0 atom stereocenters. The van der Waals surface area contributed by atoms with Crippen LogP contribution in [0.2, 0.25) is 0 Å². The summed E-state index contributed by atoms with van der Waals surface area (Å²) in [5.41, 5.74) is -1.08. The van der Waals surface area contributed by atoms with Crippen molar-refractivity contribution in [1.29, 1.82) is 0 Å². The van der Waals surface area contributed by atoms with Crippen molar-refractivity contribution in [3.8, 4) is 0 Å². The zero-order chi connectivity index (χ0) is 28.2. The number of alkyl halides is 3. The van der Waals surface area contributed by atoms with Crippen molar-refractivity contribution < 1.29 is 32.1 Å². The number of rotatable bonds is 8. The first-order chi connectivity index (χ1) is 18.5. The van der Waals surface area contributed by atoms with Crippen molar-refractivity contribution in [3.05, 3.63) is 105 Å². The minimum atomic E-state index is -4.70. The van der Waals surface area contributed by atoms with Crippen LogP contribution in [0.3, 0.4) is 0 Å². The summed E-state index contributed by atoms with van der Waals surface area (Å²) in [5, 5.41) is 11.0. The predicted molar refractivity (Wildman–Crippen MR) is 136 cm³/mol. The van der Waals surface area contributed by atoms with Gasteiger partial charge in [0.25, 0.3) is 11.6 Å². The molecule has 1 aliphatic heterocycles. The molecule has 0 spiro atoms. The number of nitrogens with zero attached hydrogens (tertiary/aromatic N) is 3. The van der Waals surface area contributed by atoms with E-state index in [2.05, 4.69) is 0 Å². The van der Waals surface area contributed by atoms with Crippen LogP contribution in [-0.2, 0) is 6.18 Å². The van der Waals surface area contributed by atoms with Crippen molar-refractivity contribution in [2.45, 2.75) is 19.0 Å². The normalized spacial score (nSPS) is 14.7. The molecule has 11 heteroatoms. The first-order valence-corrected chi connectivity index (χ1v) is 12.3. The van der Waals surface area contributed by atoms with E-state index in [-0.39, 0.29) is 41.7 Å². The van der Waals surface area contributed by atoms with E-state index in [1.165, 1.54) is 54.6 Å². The number of hydrogen-bond acceptors (Lipinski definition) is 5. The monoisotopic (exact) mass is 543 g/mol. The zero-order valence-electron chi connectivity index (χ0n) is 20.7. The topological polar surface area (TPSA) is 83.8 Å². The molecule has 0 radical (unpaired) electrons. The molecule has 1 aliphatic rings. The fraction of sp³-hybridized carbons (Fsp3) is 0.286. The first kappa shape index (κ1) is 27.9. The molecule has 0 bridgehead atoms. The van der Waals surface area contributed by atoms with Gasteiger partial charge >= 0.3 is 6.18 Å². The molecule has 3 aromatic rings. The van der Waals surface area contributed by atoms with Gasteiger partial charge in [0.15, 0.2) is 5.78 Å². The van der Waals surface area contributed by atoms with E-state index in [9.17, 15) is 37.3 Å². The van der Waals surface area contributed by atoms with Crippen LogP contribution in [0, 0.1) is 21.8 Å². The van der Waals surface area contributed by atoms with E-state index in [0.717, 1.165) is 23.1 Å². The predicted octanol–water partition coefficient (Wildman–Crippen LogP) is 5.99. The second-order valence-electron chi connectivity index (χ2n) is 9.26. The number of non-ortho nitro benzene ring substituents is 1. The Balaban J connectivity index is 1.49. The average molecular weight is 544 g/mol. The largest absolute Gasteiger partial charge is 0.418 e. The molecule has 0 N–H and O–H groups in total. The Labute approximate surface area is 221 Å². The van der Waals surface area contributed by atoms with Gasteiger partial charge in [-0.05, 0) is 74.5 Å². The molecule has 1 fully saturated rings. The molecule has 0 saturated carbocycles. The highest BCUT2D eigenvalue weighted by Crippen LogP contribution is 2.37. The van der Waals surface area contributed by atoms with Crippen LogP contribution in [0.4, 0.5) is 28.9 Å². The molecule has 0 aliphatic carbocycles. The number of anilines is 1. The Morgan fingerprint density at radius 2 is 1.51 bits per heavy atom. The number of carbonyl (C=O) groups excluding carboxylic acids is 2. The fourth-order valence-corrected chi connectivity index (χ4v) is 4.67. The van der Waals surface area contributed by atoms with E-state index in [1.54, 1.807) is 0 Å². The van der Waals surface area contributed by atoms with Gasteiger partial charge in [-0.25, -0.2) is 4.39 Å². The van der Waals surface area contributed by atoms with Gasteiger partial charge in [-0.1, -0.05) is 12.1 Å². The number of carbonyl (C=O) groups is 2. The lowest BCUT2D eigenvalue weighted by atomic mass is 9.89. The average Bonchev–Trinajstić information content (AvgIpc) is 2.93. The third kappa shape index (κ3) is 6.66. The summed E-state index contributed by atoms with van der Waals surface area (Å²) in [6.45, 7) is 1.18. The van der Waals surface area contributed by atoms with Crippen LogP contribution in [0.5, 0.6) is 0 Å². The fourth-order valence-electron chi connectivity index (χ4n) is 4.67. The van der Waals surface area contributed by atoms with Gasteiger partial charge in [-0.15, -0.1) is 0 Å². The van der Waals surface area contributed by atoms with Crippen LogP contribution >= 0.6 is 0 Å². The minimum Gasteiger partial charge on any atom is -0.306 e. The van der Waals surface area contributed by atoms with Crippen LogP contribution < -0.4 is 4.90 Å². The summed E-state index contributed by atoms with van der Waals surface area (Å²) < 4.78 is 54.6. The van der Waals surface area contributed by atoms with E-state index in [1.807, 2.05) is 4.90 Å². The number of Topliss-reactive ketones (excluding diaryl/α,β-unsaturated/α-hetero) is 1. The second kappa shape index (κ2) is 11.7. The maximum absolute atomic E-state index is 13.8. The zero-order valence-corrected chi connectivity index (χ0v) is 20.7. The Morgan fingerprint density at radius 3 is 2.10 bits per heavy atom. The lowest BCUT2D eigenvalue weighted by Crippen LogP contribution is -2.43. The number of halogens is 4. The summed E-state index contributed by atoms with van der Waals surface area (Å²) in [5.74, 6) is -1.48. The quantitative estimate of drug-likeness (QED) is 0.151. The molecule has 0 aromatic heterocycles. The number of para-hydroxylation sites is 1. The molecule has 1 heterocycles. The molecule has 3 aromatic carbocycles. The summed E-state index contributed by atoms with van der Waals surface area (Å²) in [6, 6.07) is 14.8. The van der Waals surface area contributed by atoms with Gasteiger partial charge in [0.2, 0.25) is 0 Å². The molecule has 1 amide bonds. The number of benzene rings is 3. The maximum atomic E-state index is 13.8. The molecule has 0 unspecified atom stereocenters. The van der Waals surface area contributed by atoms with Gasteiger partial charge in [-0.3, -0.25) is 19.7 Å². The Hall–Kier alpha value is -4.12. The summed E-state index contributed by atoms with van der Waals surface area (Å²) in [6.07, 6.45) is -3.67. The number of nitro groups is 1. The maximum Gasteiger partial charge on any atom is 0.418 e. The summed E-state index contributed by atoms with van der Waals surface area (Å²) in [4.78, 5) is 39.5. The van der Waals surface area contributed by atoms with Gasteiger partial charge < -0.3 is 9.80 Å². The van der Waals surface area contributed by atoms with Crippen molar-refractivity contribution in [2.75, 3.05) is 31.1 Å². The lowest BCUT2D eigenvalue weighted by Gasteiger charge is -2.33. The number of amides is 1. The van der Waals surface area contributed by atoms with E-state index >= 15 is 0 Å². The van der Waals surface area contributed by atoms with Crippen LogP contribution in [0.15, 0.2) is 72.8 Å². The lowest BCUT2D eigenvalue weighted by molar-refractivity contribution is -0.384.